The predicted molar refractivity (Wildman–Crippen MR) is 56.7 cm³/mol. The molecule has 0 aromatic carbocycles. The number of hydrogen-bond acceptors (Lipinski definition) is 3. The molecule has 0 saturated carbocycles. The van der Waals surface area contributed by atoms with Crippen LogP contribution in [0.5, 0.6) is 0 Å². The lowest BCUT2D eigenvalue weighted by Gasteiger charge is -2.10. The Hall–Kier alpha value is -1.29. The number of carbonyl (C=O) groups is 1. The van der Waals surface area contributed by atoms with Crippen LogP contribution in [0.4, 0.5) is 0 Å². The number of aryl methyl sites for hydroxylation is 1. The standard InChI is InChI=1S/C11H17NO3/c1-7(3-5-9(12)11(13)14)10-6-4-8(2)15-10/h4,6-7,9H,3,5,12H2,1-2H3,(H,13,14). The van der Waals surface area contributed by atoms with Crippen molar-refractivity contribution in [2.24, 2.45) is 5.73 Å². The fourth-order valence-corrected chi connectivity index (χ4v) is 1.41. The van der Waals surface area contributed by atoms with Crippen LogP contribution in [0.2, 0.25) is 0 Å². The first-order chi connectivity index (χ1) is 7.00. The third-order valence-electron chi connectivity index (χ3n) is 2.47. The van der Waals surface area contributed by atoms with Crippen molar-refractivity contribution >= 4 is 5.97 Å². The molecule has 1 aromatic rings. The largest absolute Gasteiger partial charge is 0.480 e. The van der Waals surface area contributed by atoms with Gasteiger partial charge in [0.25, 0.3) is 0 Å². The van der Waals surface area contributed by atoms with E-state index in [0.717, 1.165) is 17.9 Å². The maximum absolute atomic E-state index is 10.5. The smallest absolute Gasteiger partial charge is 0.320 e. The van der Waals surface area contributed by atoms with Crippen molar-refractivity contribution in [1.29, 1.82) is 0 Å². The van der Waals surface area contributed by atoms with Gasteiger partial charge in [-0.1, -0.05) is 6.92 Å². The van der Waals surface area contributed by atoms with E-state index in [0.29, 0.717) is 6.42 Å². The van der Waals surface area contributed by atoms with Gasteiger partial charge in [-0.15, -0.1) is 0 Å². The van der Waals surface area contributed by atoms with Gasteiger partial charge < -0.3 is 15.3 Å². The van der Waals surface area contributed by atoms with Gasteiger partial charge in [0.15, 0.2) is 0 Å². The number of furan rings is 1. The second-order valence-electron chi connectivity index (χ2n) is 3.87. The molecule has 0 radical (unpaired) electrons. The van der Waals surface area contributed by atoms with Gasteiger partial charge >= 0.3 is 5.97 Å². The summed E-state index contributed by atoms with van der Waals surface area (Å²) in [5, 5.41) is 8.62. The Labute approximate surface area is 89.1 Å². The molecule has 1 heterocycles. The zero-order valence-corrected chi connectivity index (χ0v) is 9.06. The van der Waals surface area contributed by atoms with E-state index in [1.54, 1.807) is 0 Å². The average Bonchev–Trinajstić information content (AvgIpc) is 2.60. The van der Waals surface area contributed by atoms with Crippen LogP contribution in [-0.2, 0) is 4.79 Å². The zero-order valence-electron chi connectivity index (χ0n) is 9.06. The molecular formula is C11H17NO3. The van der Waals surface area contributed by atoms with E-state index in [1.165, 1.54) is 0 Å². The first-order valence-corrected chi connectivity index (χ1v) is 5.05. The van der Waals surface area contributed by atoms with Crippen molar-refractivity contribution in [3.63, 3.8) is 0 Å². The minimum atomic E-state index is -0.946. The predicted octanol–water partition coefficient (Wildman–Crippen LogP) is 1.88. The number of hydrogen-bond donors (Lipinski definition) is 2. The van der Waals surface area contributed by atoms with E-state index in [1.807, 2.05) is 26.0 Å². The highest BCUT2D eigenvalue weighted by Gasteiger charge is 2.15. The molecule has 0 bridgehead atoms. The third-order valence-corrected chi connectivity index (χ3v) is 2.47. The molecule has 0 aliphatic carbocycles. The topological polar surface area (TPSA) is 76.5 Å². The molecular weight excluding hydrogens is 194 g/mol. The number of carboxylic acids is 1. The molecule has 4 heteroatoms. The molecule has 15 heavy (non-hydrogen) atoms. The molecule has 1 aromatic heterocycles. The van der Waals surface area contributed by atoms with Crippen LogP contribution in [0.3, 0.4) is 0 Å². The van der Waals surface area contributed by atoms with Crippen LogP contribution in [0.25, 0.3) is 0 Å². The average molecular weight is 211 g/mol. The van der Waals surface area contributed by atoms with Crippen LogP contribution < -0.4 is 5.73 Å². The van der Waals surface area contributed by atoms with Crippen LogP contribution in [0, 0.1) is 6.92 Å². The molecule has 4 nitrogen and oxygen atoms in total. The van der Waals surface area contributed by atoms with Crippen molar-refractivity contribution in [2.45, 2.75) is 38.6 Å². The summed E-state index contributed by atoms with van der Waals surface area (Å²) in [5.74, 6) is 1.03. The summed E-state index contributed by atoms with van der Waals surface area (Å²) in [6.07, 6.45) is 1.19. The maximum atomic E-state index is 10.5. The van der Waals surface area contributed by atoms with Crippen LogP contribution in [-0.4, -0.2) is 17.1 Å². The number of nitrogens with two attached hydrogens (primary N) is 1. The van der Waals surface area contributed by atoms with Crippen molar-refractivity contribution < 1.29 is 14.3 Å². The monoisotopic (exact) mass is 211 g/mol. The van der Waals surface area contributed by atoms with Gasteiger partial charge in [0.05, 0.1) is 0 Å². The highest BCUT2D eigenvalue weighted by molar-refractivity contribution is 5.72. The number of rotatable bonds is 5. The lowest BCUT2D eigenvalue weighted by atomic mass is 10.00. The van der Waals surface area contributed by atoms with Gasteiger partial charge in [-0.05, 0) is 31.9 Å². The van der Waals surface area contributed by atoms with Gasteiger partial charge in [0.1, 0.15) is 17.6 Å². The Morgan fingerprint density at radius 2 is 2.20 bits per heavy atom. The molecule has 0 amide bonds. The molecule has 84 valence electrons. The van der Waals surface area contributed by atoms with Gasteiger partial charge in [0.2, 0.25) is 0 Å². The highest BCUT2D eigenvalue weighted by Crippen LogP contribution is 2.22. The fourth-order valence-electron chi connectivity index (χ4n) is 1.41. The van der Waals surface area contributed by atoms with Crippen molar-refractivity contribution in [1.82, 2.24) is 0 Å². The van der Waals surface area contributed by atoms with Gasteiger partial charge in [-0.3, -0.25) is 4.79 Å². The summed E-state index contributed by atoms with van der Waals surface area (Å²) in [6.45, 7) is 3.89. The van der Waals surface area contributed by atoms with Crippen molar-refractivity contribution in [3.8, 4) is 0 Å². The Kier molecular flexibility index (Phi) is 3.91. The normalized spacial score (nSPS) is 14.9. The lowest BCUT2D eigenvalue weighted by Crippen LogP contribution is -2.30. The lowest BCUT2D eigenvalue weighted by molar-refractivity contribution is -0.138. The third kappa shape index (κ3) is 3.40. The first-order valence-electron chi connectivity index (χ1n) is 5.05. The highest BCUT2D eigenvalue weighted by atomic mass is 16.4. The first kappa shape index (κ1) is 11.8. The summed E-state index contributed by atoms with van der Waals surface area (Å²) in [6, 6.07) is 3.05. The molecule has 2 atom stereocenters. The molecule has 0 aliphatic heterocycles. The van der Waals surface area contributed by atoms with Crippen LogP contribution in [0.1, 0.15) is 37.2 Å². The minimum absolute atomic E-state index is 0.212. The molecule has 0 aliphatic rings. The minimum Gasteiger partial charge on any atom is -0.480 e. The van der Waals surface area contributed by atoms with Gasteiger partial charge in [-0.25, -0.2) is 0 Å². The number of carboxylic acid groups (broad SMARTS) is 1. The molecule has 2 unspecified atom stereocenters. The van der Waals surface area contributed by atoms with Gasteiger partial charge in [-0.2, -0.15) is 0 Å². The summed E-state index contributed by atoms with van der Waals surface area (Å²) in [5.41, 5.74) is 5.42. The summed E-state index contributed by atoms with van der Waals surface area (Å²) >= 11 is 0. The molecule has 0 spiro atoms. The molecule has 0 fully saturated rings. The SMILES string of the molecule is Cc1ccc(C(C)CCC(N)C(=O)O)o1. The van der Waals surface area contributed by atoms with E-state index in [2.05, 4.69) is 0 Å². The van der Waals surface area contributed by atoms with Gasteiger partial charge in [0, 0.05) is 5.92 Å². The second kappa shape index (κ2) is 4.98. The Bertz CT molecular complexity index is 332. The summed E-state index contributed by atoms with van der Waals surface area (Å²) in [4.78, 5) is 10.5. The zero-order chi connectivity index (χ0) is 11.4. The molecule has 3 N–H and O–H groups in total. The summed E-state index contributed by atoms with van der Waals surface area (Å²) in [7, 11) is 0. The van der Waals surface area contributed by atoms with E-state index in [9.17, 15) is 4.79 Å². The Morgan fingerprint density at radius 3 is 2.67 bits per heavy atom. The van der Waals surface area contributed by atoms with E-state index >= 15 is 0 Å². The number of aliphatic carboxylic acids is 1. The quantitative estimate of drug-likeness (QED) is 0.779. The van der Waals surface area contributed by atoms with E-state index in [-0.39, 0.29) is 5.92 Å². The van der Waals surface area contributed by atoms with Crippen molar-refractivity contribution in [2.75, 3.05) is 0 Å². The maximum Gasteiger partial charge on any atom is 0.320 e. The molecule has 1 rings (SSSR count). The van der Waals surface area contributed by atoms with E-state index in [4.69, 9.17) is 15.3 Å². The summed E-state index contributed by atoms with van der Waals surface area (Å²) < 4.78 is 5.45. The Morgan fingerprint density at radius 1 is 1.53 bits per heavy atom. The second-order valence-corrected chi connectivity index (χ2v) is 3.87. The fraction of sp³-hybridized carbons (Fsp3) is 0.545. The molecule has 0 saturated heterocycles. The Balaban J connectivity index is 2.43. The van der Waals surface area contributed by atoms with Crippen LogP contribution in [0.15, 0.2) is 16.5 Å². The van der Waals surface area contributed by atoms with Crippen LogP contribution >= 0.6 is 0 Å². The van der Waals surface area contributed by atoms with E-state index < -0.39 is 12.0 Å². The van der Waals surface area contributed by atoms with Crippen molar-refractivity contribution in [3.05, 3.63) is 23.7 Å².